The number of pyridine rings is 1. The van der Waals surface area contributed by atoms with Gasteiger partial charge in [-0.1, -0.05) is 0 Å². The number of thiazole rings is 1. The largest absolute Gasteiger partial charge is 0.376 e. The summed E-state index contributed by atoms with van der Waals surface area (Å²) in [4.78, 5) is 36.7. The van der Waals surface area contributed by atoms with Crippen LogP contribution in [0.4, 0.5) is 0 Å². The first kappa shape index (κ1) is 20.9. The number of hydrogen-bond acceptors (Lipinski definition) is 6. The number of aryl methyl sites for hydroxylation is 2. The molecule has 2 amide bonds. The van der Waals surface area contributed by atoms with Gasteiger partial charge in [0.25, 0.3) is 11.8 Å². The molecule has 0 aromatic carbocycles. The van der Waals surface area contributed by atoms with E-state index in [9.17, 15) is 9.59 Å². The maximum atomic E-state index is 12.8. The van der Waals surface area contributed by atoms with Crippen LogP contribution in [0.1, 0.15) is 68.0 Å². The summed E-state index contributed by atoms with van der Waals surface area (Å²) >= 11 is 1.47. The molecule has 2 fully saturated rings. The van der Waals surface area contributed by atoms with Crippen LogP contribution < -0.4 is 5.32 Å². The second kappa shape index (κ2) is 9.22. The average Bonchev–Trinajstić information content (AvgIpc) is 3.41. The first-order valence-electron chi connectivity index (χ1n) is 10.6. The molecule has 2 saturated heterocycles. The van der Waals surface area contributed by atoms with Gasteiger partial charge in [-0.3, -0.25) is 14.6 Å². The fourth-order valence-corrected chi connectivity index (χ4v) is 5.03. The summed E-state index contributed by atoms with van der Waals surface area (Å²) in [6.45, 7) is 6.58. The van der Waals surface area contributed by atoms with Crippen molar-refractivity contribution in [2.24, 2.45) is 0 Å². The number of nitrogens with zero attached hydrogens (tertiary/aromatic N) is 3. The fourth-order valence-electron chi connectivity index (χ4n) is 4.15. The number of amides is 2. The van der Waals surface area contributed by atoms with Crippen LogP contribution in [0.25, 0.3) is 0 Å². The molecule has 8 heteroatoms. The van der Waals surface area contributed by atoms with Crippen molar-refractivity contribution in [2.45, 2.75) is 51.6 Å². The maximum Gasteiger partial charge on any atom is 0.265 e. The molecule has 0 aliphatic carbocycles. The lowest BCUT2D eigenvalue weighted by Crippen LogP contribution is -2.38. The van der Waals surface area contributed by atoms with E-state index in [4.69, 9.17) is 4.74 Å². The summed E-state index contributed by atoms with van der Waals surface area (Å²) in [7, 11) is 0. The van der Waals surface area contributed by atoms with Gasteiger partial charge in [-0.05, 0) is 51.7 Å². The number of ether oxygens (including phenoxy) is 1. The highest BCUT2D eigenvalue weighted by atomic mass is 32.1. The van der Waals surface area contributed by atoms with Gasteiger partial charge in [0.1, 0.15) is 4.88 Å². The van der Waals surface area contributed by atoms with E-state index >= 15 is 0 Å². The second-order valence-corrected chi connectivity index (χ2v) is 9.23. The molecule has 4 rings (SSSR count). The minimum absolute atomic E-state index is 0.0859. The van der Waals surface area contributed by atoms with Gasteiger partial charge in [0.15, 0.2) is 0 Å². The van der Waals surface area contributed by atoms with Gasteiger partial charge in [0.05, 0.1) is 22.4 Å². The van der Waals surface area contributed by atoms with Gasteiger partial charge in [-0.15, -0.1) is 11.3 Å². The summed E-state index contributed by atoms with van der Waals surface area (Å²) in [5.41, 5.74) is 2.38. The first-order chi connectivity index (χ1) is 14.5. The monoisotopic (exact) mass is 428 g/mol. The molecule has 0 spiro atoms. The zero-order valence-corrected chi connectivity index (χ0v) is 18.3. The lowest BCUT2D eigenvalue weighted by molar-refractivity contribution is 0.0715. The van der Waals surface area contributed by atoms with Crippen LogP contribution in [-0.2, 0) is 4.74 Å². The quantitative estimate of drug-likeness (QED) is 0.791. The smallest absolute Gasteiger partial charge is 0.265 e. The Hall–Kier alpha value is -2.32. The number of aromatic nitrogens is 2. The molecule has 0 saturated carbocycles. The molecule has 2 aromatic rings. The number of likely N-dealkylation sites (tertiary alicyclic amines) is 1. The molecule has 1 atom stereocenters. The van der Waals surface area contributed by atoms with Crippen molar-refractivity contribution in [3.8, 4) is 0 Å². The van der Waals surface area contributed by atoms with E-state index in [2.05, 4.69) is 15.3 Å². The molecule has 1 N–H and O–H groups in total. The minimum atomic E-state index is -0.111. The van der Waals surface area contributed by atoms with E-state index in [1.165, 1.54) is 11.3 Å². The van der Waals surface area contributed by atoms with Crippen molar-refractivity contribution < 1.29 is 14.3 Å². The number of nitrogens with one attached hydrogen (secondary N) is 1. The van der Waals surface area contributed by atoms with Crippen molar-refractivity contribution in [1.82, 2.24) is 20.2 Å². The Labute approximate surface area is 180 Å². The highest BCUT2D eigenvalue weighted by Gasteiger charge is 2.27. The molecule has 2 aromatic heterocycles. The lowest BCUT2D eigenvalue weighted by Gasteiger charge is -2.31. The molecule has 30 heavy (non-hydrogen) atoms. The predicted octanol–water partition coefficient (Wildman–Crippen LogP) is 3.08. The third kappa shape index (κ3) is 4.70. The van der Waals surface area contributed by atoms with Crippen LogP contribution in [0.2, 0.25) is 0 Å². The maximum absolute atomic E-state index is 12.8. The summed E-state index contributed by atoms with van der Waals surface area (Å²) in [6.07, 6.45) is 5.60. The molecular formula is C22H28N4O3S. The zero-order valence-electron chi connectivity index (χ0n) is 17.5. The molecule has 2 aliphatic rings. The molecule has 7 nitrogen and oxygen atoms in total. The Bertz CT molecular complexity index is 898. The first-order valence-corrected chi connectivity index (χ1v) is 11.4. The van der Waals surface area contributed by atoms with E-state index in [0.29, 0.717) is 31.1 Å². The van der Waals surface area contributed by atoms with E-state index in [-0.39, 0.29) is 17.9 Å². The summed E-state index contributed by atoms with van der Waals surface area (Å²) in [5.74, 6) is 0.283. The summed E-state index contributed by atoms with van der Waals surface area (Å²) < 4.78 is 5.54. The van der Waals surface area contributed by atoms with E-state index in [1.807, 2.05) is 30.9 Å². The number of carbonyl (C=O) groups excluding carboxylic acids is 2. The van der Waals surface area contributed by atoms with E-state index < -0.39 is 0 Å². The number of hydrogen-bond donors (Lipinski definition) is 1. The topological polar surface area (TPSA) is 84.4 Å². The van der Waals surface area contributed by atoms with Gasteiger partial charge in [0, 0.05) is 44.0 Å². The highest BCUT2D eigenvalue weighted by Crippen LogP contribution is 2.29. The molecule has 4 heterocycles. The Morgan fingerprint density at radius 2 is 2.03 bits per heavy atom. The number of piperidine rings is 1. The highest BCUT2D eigenvalue weighted by molar-refractivity contribution is 7.13. The van der Waals surface area contributed by atoms with Gasteiger partial charge in [-0.2, -0.15) is 0 Å². The number of carbonyl (C=O) groups is 2. The average molecular weight is 429 g/mol. The molecular weight excluding hydrogens is 400 g/mol. The van der Waals surface area contributed by atoms with Crippen LogP contribution in [0, 0.1) is 13.8 Å². The van der Waals surface area contributed by atoms with Crippen LogP contribution >= 0.6 is 11.3 Å². The van der Waals surface area contributed by atoms with Crippen LogP contribution in [0.3, 0.4) is 0 Å². The second-order valence-electron chi connectivity index (χ2n) is 8.03. The van der Waals surface area contributed by atoms with Crippen molar-refractivity contribution >= 4 is 23.2 Å². The van der Waals surface area contributed by atoms with Crippen molar-refractivity contribution in [2.75, 3.05) is 26.2 Å². The Morgan fingerprint density at radius 3 is 2.63 bits per heavy atom. The van der Waals surface area contributed by atoms with Crippen LogP contribution in [0.5, 0.6) is 0 Å². The van der Waals surface area contributed by atoms with Gasteiger partial charge < -0.3 is 15.0 Å². The molecule has 160 valence electrons. The molecule has 2 aliphatic heterocycles. The Kier molecular flexibility index (Phi) is 6.43. The van der Waals surface area contributed by atoms with Crippen molar-refractivity contribution in [1.29, 1.82) is 0 Å². The normalized spacial score (nSPS) is 19.8. The molecule has 0 radical (unpaired) electrons. The standard InChI is InChI=1S/C22H28N4O3S/c1-14-20(30-15(2)25-14)22(28)26-9-7-16(8-10-26)19-6-5-17(12-23-19)21(27)24-13-18-4-3-11-29-18/h5-6,12,16,18H,3-4,7-11,13H2,1-2H3,(H,24,27). The van der Waals surface area contributed by atoms with Gasteiger partial charge >= 0.3 is 0 Å². The van der Waals surface area contributed by atoms with Crippen molar-refractivity contribution in [3.63, 3.8) is 0 Å². The predicted molar refractivity (Wildman–Crippen MR) is 115 cm³/mol. The Balaban J connectivity index is 1.29. The number of rotatable bonds is 5. The third-order valence-electron chi connectivity index (χ3n) is 5.86. The molecule has 0 bridgehead atoms. The lowest BCUT2D eigenvalue weighted by atomic mass is 9.92. The van der Waals surface area contributed by atoms with E-state index in [0.717, 1.165) is 53.6 Å². The summed E-state index contributed by atoms with van der Waals surface area (Å²) in [6, 6.07) is 3.79. The van der Waals surface area contributed by atoms with Gasteiger partial charge in [0.2, 0.25) is 0 Å². The molecule has 1 unspecified atom stereocenters. The SMILES string of the molecule is Cc1nc(C)c(C(=O)N2CCC(c3ccc(C(=O)NCC4CCCO4)cn3)CC2)s1. The fraction of sp³-hybridized carbons (Fsp3) is 0.545. The Morgan fingerprint density at radius 1 is 1.23 bits per heavy atom. The minimum Gasteiger partial charge on any atom is -0.376 e. The van der Waals surface area contributed by atoms with E-state index in [1.54, 1.807) is 6.20 Å². The van der Waals surface area contributed by atoms with Crippen molar-refractivity contribution in [3.05, 3.63) is 45.2 Å². The van der Waals surface area contributed by atoms with Gasteiger partial charge in [-0.25, -0.2) is 4.98 Å². The summed E-state index contributed by atoms with van der Waals surface area (Å²) in [5, 5.41) is 3.85. The third-order valence-corrected chi connectivity index (χ3v) is 6.92. The zero-order chi connectivity index (χ0) is 21.1. The van der Waals surface area contributed by atoms with Crippen LogP contribution in [-0.4, -0.2) is 59.0 Å². The van der Waals surface area contributed by atoms with Crippen LogP contribution in [0.15, 0.2) is 18.3 Å².